The van der Waals surface area contributed by atoms with Gasteiger partial charge in [0.25, 0.3) is 0 Å². The Balaban J connectivity index is 2.39. The van der Waals surface area contributed by atoms with Crippen molar-refractivity contribution in [1.82, 2.24) is 4.90 Å². The van der Waals surface area contributed by atoms with Crippen LogP contribution >= 0.6 is 0 Å². The van der Waals surface area contributed by atoms with Gasteiger partial charge in [0.05, 0.1) is 6.54 Å². The van der Waals surface area contributed by atoms with E-state index in [-0.39, 0.29) is 12.2 Å². The molecule has 1 atom stereocenters. The van der Waals surface area contributed by atoms with Crippen molar-refractivity contribution < 1.29 is 9.53 Å². The maximum absolute atomic E-state index is 10.8. The molecule has 1 saturated heterocycles. The van der Waals surface area contributed by atoms with Gasteiger partial charge < -0.3 is 15.4 Å². The molecule has 0 bridgehead atoms. The zero-order valence-corrected chi connectivity index (χ0v) is 6.04. The van der Waals surface area contributed by atoms with Crippen molar-refractivity contribution >= 4 is 6.09 Å². The first-order valence-electron chi connectivity index (χ1n) is 3.39. The fraction of sp³-hybridized carbons (Fsp3) is 0.833. The number of nitrogens with two attached hydrogens (primary N) is 1. The van der Waals surface area contributed by atoms with Crippen molar-refractivity contribution in [3.63, 3.8) is 0 Å². The van der Waals surface area contributed by atoms with Gasteiger partial charge >= 0.3 is 6.09 Å². The quantitative estimate of drug-likeness (QED) is 0.583. The van der Waals surface area contributed by atoms with Crippen molar-refractivity contribution in [2.75, 3.05) is 19.6 Å². The van der Waals surface area contributed by atoms with Gasteiger partial charge in [-0.25, -0.2) is 4.79 Å². The summed E-state index contributed by atoms with van der Waals surface area (Å²) >= 11 is 0. The molecule has 1 aliphatic rings. The lowest BCUT2D eigenvalue weighted by Gasteiger charge is -2.09. The van der Waals surface area contributed by atoms with E-state index in [1.807, 2.05) is 6.92 Å². The standard InChI is InChI=1S/C6H12N2O2/c1-5-4-8(3-2-7)6(9)10-5/h5H,2-4,7H2,1H3. The molecule has 0 radical (unpaired) electrons. The summed E-state index contributed by atoms with van der Waals surface area (Å²) in [7, 11) is 0. The molecule has 10 heavy (non-hydrogen) atoms. The summed E-state index contributed by atoms with van der Waals surface area (Å²) in [4.78, 5) is 12.4. The summed E-state index contributed by atoms with van der Waals surface area (Å²) in [5, 5.41) is 0. The third-order valence-corrected chi connectivity index (χ3v) is 1.44. The SMILES string of the molecule is CC1CN(CCN)C(=O)O1. The van der Waals surface area contributed by atoms with Crippen molar-refractivity contribution in [3.05, 3.63) is 0 Å². The molecule has 0 saturated carbocycles. The lowest BCUT2D eigenvalue weighted by Crippen LogP contribution is -2.30. The summed E-state index contributed by atoms with van der Waals surface area (Å²) in [6.45, 7) is 3.65. The van der Waals surface area contributed by atoms with E-state index >= 15 is 0 Å². The van der Waals surface area contributed by atoms with E-state index in [0.717, 1.165) is 0 Å². The summed E-state index contributed by atoms with van der Waals surface area (Å²) in [5.41, 5.74) is 5.27. The van der Waals surface area contributed by atoms with Gasteiger partial charge in [0, 0.05) is 13.1 Å². The third kappa shape index (κ3) is 1.39. The second kappa shape index (κ2) is 2.88. The molecular formula is C6H12N2O2. The number of carbonyl (C=O) groups is 1. The minimum atomic E-state index is -0.238. The molecule has 1 amide bonds. The highest BCUT2D eigenvalue weighted by Gasteiger charge is 2.26. The molecule has 1 fully saturated rings. The number of amides is 1. The Bertz CT molecular complexity index is 138. The number of ether oxygens (including phenoxy) is 1. The van der Waals surface area contributed by atoms with Crippen molar-refractivity contribution in [3.8, 4) is 0 Å². The van der Waals surface area contributed by atoms with E-state index in [2.05, 4.69) is 0 Å². The normalized spacial score (nSPS) is 25.2. The van der Waals surface area contributed by atoms with Gasteiger partial charge in [-0.05, 0) is 6.92 Å². The van der Waals surface area contributed by atoms with Crippen LogP contribution in [-0.2, 0) is 4.74 Å². The second-order valence-electron chi connectivity index (χ2n) is 2.43. The van der Waals surface area contributed by atoms with Crippen LogP contribution in [0.25, 0.3) is 0 Å². The third-order valence-electron chi connectivity index (χ3n) is 1.44. The number of hydrogen-bond acceptors (Lipinski definition) is 3. The molecule has 1 aliphatic heterocycles. The van der Waals surface area contributed by atoms with Gasteiger partial charge in [-0.3, -0.25) is 0 Å². The topological polar surface area (TPSA) is 55.6 Å². The van der Waals surface area contributed by atoms with Crippen LogP contribution in [0.4, 0.5) is 4.79 Å². The first-order valence-corrected chi connectivity index (χ1v) is 3.39. The number of carbonyl (C=O) groups excluding carboxylic acids is 1. The predicted molar refractivity (Wildman–Crippen MR) is 36.6 cm³/mol. The van der Waals surface area contributed by atoms with Gasteiger partial charge in [-0.1, -0.05) is 0 Å². The van der Waals surface area contributed by atoms with E-state index in [0.29, 0.717) is 19.6 Å². The number of cyclic esters (lactones) is 1. The molecule has 0 aromatic heterocycles. The fourth-order valence-corrected chi connectivity index (χ4v) is 1.01. The monoisotopic (exact) mass is 144 g/mol. The Morgan fingerprint density at radius 1 is 1.90 bits per heavy atom. The van der Waals surface area contributed by atoms with E-state index in [4.69, 9.17) is 10.5 Å². The minimum absolute atomic E-state index is 0.0269. The molecule has 0 aromatic carbocycles. The Labute approximate surface area is 59.9 Å². The summed E-state index contributed by atoms with van der Waals surface area (Å²) in [6, 6.07) is 0. The van der Waals surface area contributed by atoms with Crippen molar-refractivity contribution in [2.24, 2.45) is 5.73 Å². The van der Waals surface area contributed by atoms with Crippen LogP contribution in [0.1, 0.15) is 6.92 Å². The number of nitrogens with zero attached hydrogens (tertiary/aromatic N) is 1. The maximum atomic E-state index is 10.8. The molecule has 1 unspecified atom stereocenters. The lowest BCUT2D eigenvalue weighted by molar-refractivity contribution is 0.138. The fourth-order valence-electron chi connectivity index (χ4n) is 1.01. The Hall–Kier alpha value is -0.770. The Kier molecular flexibility index (Phi) is 2.11. The van der Waals surface area contributed by atoms with E-state index in [9.17, 15) is 4.79 Å². The average Bonchev–Trinajstić information content (AvgIpc) is 2.13. The van der Waals surface area contributed by atoms with Crippen LogP contribution in [0.3, 0.4) is 0 Å². The summed E-state index contributed by atoms with van der Waals surface area (Å²) in [6.07, 6.45) is -0.211. The van der Waals surface area contributed by atoms with Gasteiger partial charge in [0.15, 0.2) is 0 Å². The van der Waals surface area contributed by atoms with E-state index in [1.54, 1.807) is 4.90 Å². The van der Waals surface area contributed by atoms with Gasteiger partial charge in [0.1, 0.15) is 6.10 Å². The van der Waals surface area contributed by atoms with Gasteiger partial charge in [-0.2, -0.15) is 0 Å². The van der Waals surface area contributed by atoms with Crippen LogP contribution in [-0.4, -0.2) is 36.7 Å². The lowest BCUT2D eigenvalue weighted by atomic mass is 10.4. The molecule has 1 rings (SSSR count). The zero-order chi connectivity index (χ0) is 7.56. The summed E-state index contributed by atoms with van der Waals surface area (Å²) < 4.78 is 4.86. The smallest absolute Gasteiger partial charge is 0.410 e. The van der Waals surface area contributed by atoms with E-state index in [1.165, 1.54) is 0 Å². The van der Waals surface area contributed by atoms with Crippen LogP contribution in [0, 0.1) is 0 Å². The Morgan fingerprint density at radius 3 is 3.00 bits per heavy atom. The predicted octanol–water partition coefficient (Wildman–Crippen LogP) is -0.214. The van der Waals surface area contributed by atoms with Crippen LogP contribution < -0.4 is 5.73 Å². The first kappa shape index (κ1) is 7.34. The van der Waals surface area contributed by atoms with Crippen molar-refractivity contribution in [1.29, 1.82) is 0 Å². The average molecular weight is 144 g/mol. The second-order valence-corrected chi connectivity index (χ2v) is 2.43. The molecule has 0 spiro atoms. The maximum Gasteiger partial charge on any atom is 0.410 e. The zero-order valence-electron chi connectivity index (χ0n) is 6.04. The number of rotatable bonds is 2. The van der Waals surface area contributed by atoms with Gasteiger partial charge in [-0.15, -0.1) is 0 Å². The highest BCUT2D eigenvalue weighted by atomic mass is 16.6. The van der Waals surface area contributed by atoms with E-state index < -0.39 is 0 Å². The molecule has 0 aromatic rings. The van der Waals surface area contributed by atoms with Crippen LogP contribution in [0.2, 0.25) is 0 Å². The van der Waals surface area contributed by atoms with Crippen LogP contribution in [0.5, 0.6) is 0 Å². The van der Waals surface area contributed by atoms with Gasteiger partial charge in [0.2, 0.25) is 0 Å². The molecule has 1 heterocycles. The molecule has 4 nitrogen and oxygen atoms in total. The molecule has 58 valence electrons. The molecular weight excluding hydrogens is 132 g/mol. The van der Waals surface area contributed by atoms with Crippen molar-refractivity contribution in [2.45, 2.75) is 13.0 Å². The Morgan fingerprint density at radius 2 is 2.60 bits per heavy atom. The molecule has 4 heteroatoms. The largest absolute Gasteiger partial charge is 0.445 e. The molecule has 0 aliphatic carbocycles. The highest BCUT2D eigenvalue weighted by Crippen LogP contribution is 2.08. The highest BCUT2D eigenvalue weighted by molar-refractivity contribution is 5.69. The number of hydrogen-bond donors (Lipinski definition) is 1. The van der Waals surface area contributed by atoms with Crippen LogP contribution in [0.15, 0.2) is 0 Å². The summed E-state index contributed by atoms with van der Waals surface area (Å²) in [5.74, 6) is 0. The first-order chi connectivity index (χ1) is 4.74. The minimum Gasteiger partial charge on any atom is -0.445 e. The molecule has 2 N–H and O–H groups in total.